The highest BCUT2D eigenvalue weighted by molar-refractivity contribution is 6.35. The van der Waals surface area contributed by atoms with Gasteiger partial charge in [-0.25, -0.2) is 0 Å². The minimum Gasteiger partial charge on any atom is -0.394 e. The summed E-state index contributed by atoms with van der Waals surface area (Å²) in [7, 11) is 0. The van der Waals surface area contributed by atoms with Gasteiger partial charge in [-0.15, -0.1) is 0 Å². The van der Waals surface area contributed by atoms with Crippen LogP contribution < -0.4 is 10.6 Å². The van der Waals surface area contributed by atoms with Gasteiger partial charge < -0.3 is 20.5 Å². The lowest BCUT2D eigenvalue weighted by Gasteiger charge is -2.36. The molecule has 0 unspecified atom stereocenters. The molecular formula is C22H25Cl2N3O4. The molecule has 1 aliphatic heterocycles. The number of amides is 2. The zero-order valence-electron chi connectivity index (χ0n) is 16.9. The first-order valence-corrected chi connectivity index (χ1v) is 10.9. The molecule has 2 aromatic rings. The van der Waals surface area contributed by atoms with E-state index in [1.165, 1.54) is 0 Å². The Balaban J connectivity index is 1.43. The lowest BCUT2D eigenvalue weighted by atomic mass is 9.97. The van der Waals surface area contributed by atoms with Crippen LogP contribution in [0.15, 0.2) is 42.6 Å². The molecule has 3 atom stereocenters. The molecule has 3 N–H and O–H groups in total. The number of halogens is 2. The second kappa shape index (κ2) is 11.4. The monoisotopic (exact) mass is 465 g/mol. The second-order valence-corrected chi connectivity index (χ2v) is 8.30. The number of carbonyl (C=O) groups excluding carboxylic acids is 2. The Labute approximate surface area is 191 Å². The molecule has 2 amide bonds. The zero-order chi connectivity index (χ0) is 22.2. The van der Waals surface area contributed by atoms with E-state index in [2.05, 4.69) is 15.6 Å². The summed E-state index contributed by atoms with van der Waals surface area (Å²) in [5, 5.41) is 16.3. The van der Waals surface area contributed by atoms with Crippen molar-refractivity contribution in [1.82, 2.24) is 15.6 Å². The van der Waals surface area contributed by atoms with Crippen molar-refractivity contribution in [3.63, 3.8) is 0 Å². The summed E-state index contributed by atoms with van der Waals surface area (Å²) in [4.78, 5) is 28.7. The zero-order valence-corrected chi connectivity index (χ0v) is 18.4. The minimum absolute atomic E-state index is 0.121. The van der Waals surface area contributed by atoms with Gasteiger partial charge in [-0.1, -0.05) is 29.3 Å². The van der Waals surface area contributed by atoms with E-state index in [0.717, 1.165) is 0 Å². The van der Waals surface area contributed by atoms with Crippen LogP contribution in [-0.4, -0.2) is 53.3 Å². The molecule has 2 heterocycles. The lowest BCUT2D eigenvalue weighted by molar-refractivity contribution is -0.127. The predicted octanol–water partition coefficient (Wildman–Crippen LogP) is 2.78. The van der Waals surface area contributed by atoms with Crippen molar-refractivity contribution >= 4 is 35.0 Å². The highest BCUT2D eigenvalue weighted by Crippen LogP contribution is 2.22. The van der Waals surface area contributed by atoms with Gasteiger partial charge in [0.25, 0.3) is 5.91 Å². The first-order chi connectivity index (χ1) is 14.9. The molecule has 31 heavy (non-hydrogen) atoms. The largest absolute Gasteiger partial charge is 0.394 e. The van der Waals surface area contributed by atoms with Crippen LogP contribution in [0, 0.1) is 0 Å². The van der Waals surface area contributed by atoms with E-state index < -0.39 is 6.10 Å². The first kappa shape index (κ1) is 23.5. The van der Waals surface area contributed by atoms with E-state index in [1.807, 2.05) is 6.07 Å². The van der Waals surface area contributed by atoms with Crippen molar-refractivity contribution in [2.75, 3.05) is 13.2 Å². The van der Waals surface area contributed by atoms with Crippen LogP contribution >= 0.6 is 23.2 Å². The van der Waals surface area contributed by atoms with Gasteiger partial charge in [0, 0.05) is 34.0 Å². The number of hydrogen-bond acceptors (Lipinski definition) is 5. The standard InChI is InChI=1S/C22H25Cl2N3O4/c23-15-9-14(10-16(24)11-15)22(30)26-8-6-18-4-5-19(20(13-28)31-18)27-21(29)12-17-3-1-2-7-25-17/h1-3,7,9-11,18-20,28H,4-6,8,12-13H2,(H,26,30)(H,27,29)/t18-,19+,20+/m1/s1. The quantitative estimate of drug-likeness (QED) is 0.556. The number of aliphatic hydroxyl groups excluding tert-OH is 1. The average Bonchev–Trinajstić information content (AvgIpc) is 2.74. The molecule has 3 rings (SSSR count). The predicted molar refractivity (Wildman–Crippen MR) is 118 cm³/mol. The van der Waals surface area contributed by atoms with Crippen LogP contribution in [0.5, 0.6) is 0 Å². The van der Waals surface area contributed by atoms with E-state index in [0.29, 0.717) is 47.1 Å². The third-order valence-corrected chi connectivity index (χ3v) is 5.52. The number of aromatic nitrogens is 1. The summed E-state index contributed by atoms with van der Waals surface area (Å²) >= 11 is 11.9. The molecule has 1 aromatic carbocycles. The third kappa shape index (κ3) is 7.18. The first-order valence-electron chi connectivity index (χ1n) is 10.1. The Kier molecular flexibility index (Phi) is 8.66. The van der Waals surface area contributed by atoms with Crippen molar-refractivity contribution in [3.8, 4) is 0 Å². The van der Waals surface area contributed by atoms with Crippen molar-refractivity contribution < 1.29 is 19.4 Å². The molecule has 9 heteroatoms. The number of carbonyl (C=O) groups is 2. The van der Waals surface area contributed by atoms with Gasteiger partial charge in [-0.05, 0) is 49.6 Å². The minimum atomic E-state index is -0.492. The summed E-state index contributed by atoms with van der Waals surface area (Å²) in [6.07, 6.45) is 3.20. The molecule has 7 nitrogen and oxygen atoms in total. The SMILES string of the molecule is O=C(Cc1ccccn1)N[C@H]1CC[C@H](CCNC(=O)c2cc(Cl)cc(Cl)c2)O[C@H]1CO. The number of nitrogens with zero attached hydrogens (tertiary/aromatic N) is 1. The fourth-order valence-corrected chi connectivity index (χ4v) is 4.09. The number of aliphatic hydroxyl groups is 1. The number of rotatable bonds is 8. The lowest BCUT2D eigenvalue weighted by Crippen LogP contribution is -2.51. The van der Waals surface area contributed by atoms with Gasteiger partial charge in [-0.3, -0.25) is 14.6 Å². The fourth-order valence-electron chi connectivity index (χ4n) is 3.57. The molecule has 0 spiro atoms. The van der Waals surface area contributed by atoms with Crippen LogP contribution in [0.2, 0.25) is 10.0 Å². The highest BCUT2D eigenvalue weighted by Gasteiger charge is 2.31. The summed E-state index contributed by atoms with van der Waals surface area (Å²) in [5.41, 5.74) is 1.08. The molecule has 1 aliphatic rings. The van der Waals surface area contributed by atoms with E-state index in [4.69, 9.17) is 27.9 Å². The van der Waals surface area contributed by atoms with Gasteiger partial charge in [0.2, 0.25) is 5.91 Å². The smallest absolute Gasteiger partial charge is 0.251 e. The Morgan fingerprint density at radius 3 is 2.61 bits per heavy atom. The number of benzene rings is 1. The Morgan fingerprint density at radius 1 is 1.16 bits per heavy atom. The molecule has 166 valence electrons. The summed E-state index contributed by atoms with van der Waals surface area (Å²) < 4.78 is 5.95. The van der Waals surface area contributed by atoms with Gasteiger partial charge in [0.1, 0.15) is 6.10 Å². The normalized spacial score (nSPS) is 20.8. The maximum Gasteiger partial charge on any atom is 0.251 e. The maximum atomic E-state index is 12.3. The summed E-state index contributed by atoms with van der Waals surface area (Å²) in [6, 6.07) is 9.84. The molecular weight excluding hydrogens is 441 g/mol. The summed E-state index contributed by atoms with van der Waals surface area (Å²) in [5.74, 6) is -0.421. The van der Waals surface area contributed by atoms with Crippen LogP contribution in [0.1, 0.15) is 35.3 Å². The Bertz CT molecular complexity index is 877. The number of ether oxygens (including phenoxy) is 1. The van der Waals surface area contributed by atoms with Crippen molar-refractivity contribution in [2.24, 2.45) is 0 Å². The number of nitrogens with one attached hydrogen (secondary N) is 2. The fraction of sp³-hybridized carbons (Fsp3) is 0.409. The van der Waals surface area contributed by atoms with Gasteiger partial charge in [0.15, 0.2) is 0 Å². The second-order valence-electron chi connectivity index (χ2n) is 7.43. The van der Waals surface area contributed by atoms with E-state index in [9.17, 15) is 14.7 Å². The van der Waals surface area contributed by atoms with E-state index >= 15 is 0 Å². The molecule has 1 fully saturated rings. The number of hydrogen-bond donors (Lipinski definition) is 3. The van der Waals surface area contributed by atoms with Crippen molar-refractivity contribution in [1.29, 1.82) is 0 Å². The number of pyridine rings is 1. The van der Waals surface area contributed by atoms with Crippen LogP contribution in [0.25, 0.3) is 0 Å². The van der Waals surface area contributed by atoms with Crippen molar-refractivity contribution in [3.05, 3.63) is 63.9 Å². The van der Waals surface area contributed by atoms with E-state index in [1.54, 1.807) is 36.5 Å². The Morgan fingerprint density at radius 2 is 1.94 bits per heavy atom. The van der Waals surface area contributed by atoms with Gasteiger partial charge >= 0.3 is 0 Å². The topological polar surface area (TPSA) is 101 Å². The molecule has 0 radical (unpaired) electrons. The highest BCUT2D eigenvalue weighted by atomic mass is 35.5. The maximum absolute atomic E-state index is 12.3. The molecule has 0 saturated carbocycles. The van der Waals surface area contributed by atoms with Gasteiger partial charge in [0.05, 0.1) is 25.2 Å². The molecule has 0 aliphatic carbocycles. The Hall–Kier alpha value is -2.19. The van der Waals surface area contributed by atoms with Crippen molar-refractivity contribution in [2.45, 2.75) is 43.9 Å². The molecule has 1 saturated heterocycles. The van der Waals surface area contributed by atoms with Crippen LogP contribution in [0.3, 0.4) is 0 Å². The van der Waals surface area contributed by atoms with E-state index in [-0.39, 0.29) is 37.0 Å². The van der Waals surface area contributed by atoms with Gasteiger partial charge in [-0.2, -0.15) is 0 Å². The summed E-state index contributed by atoms with van der Waals surface area (Å²) in [6.45, 7) is 0.209. The molecule has 1 aromatic heterocycles. The third-order valence-electron chi connectivity index (χ3n) is 5.09. The van der Waals surface area contributed by atoms with Crippen LogP contribution in [0.4, 0.5) is 0 Å². The average molecular weight is 466 g/mol. The molecule has 0 bridgehead atoms. The van der Waals surface area contributed by atoms with Crippen LogP contribution in [-0.2, 0) is 16.0 Å².